The Balaban J connectivity index is 0.000000621. The number of methoxy groups -OCH3 is 2. The summed E-state index contributed by atoms with van der Waals surface area (Å²) in [5.41, 5.74) is 10.2. The fourth-order valence-corrected chi connectivity index (χ4v) is 1.43. The molecular weight excluding hydrogens is 290 g/mol. The highest BCUT2D eigenvalue weighted by molar-refractivity contribution is 7.79. The first-order valence-corrected chi connectivity index (χ1v) is 6.65. The van der Waals surface area contributed by atoms with E-state index in [2.05, 4.69) is 4.79 Å². The maximum Gasteiger partial charge on any atom is 0.394 e. The molecule has 1 aliphatic carbocycles. The van der Waals surface area contributed by atoms with Crippen molar-refractivity contribution in [3.05, 3.63) is 28.8 Å². The monoisotopic (exact) mass is 307 g/mol. The van der Waals surface area contributed by atoms with Crippen LogP contribution in [0.5, 0.6) is 0 Å². The van der Waals surface area contributed by atoms with Crippen LogP contribution in [-0.2, 0) is 19.9 Å². The molecule has 0 heterocycles. The standard InChI is InChI=1S/C10H15N3O2.H2O4S/c1-13(2)8-6-9(14-3)7(12-11)5-10(8)15-4;1-5(2,3)4/h6H,5H2,1-4H3;(H2,1,2,3,4). The summed E-state index contributed by atoms with van der Waals surface area (Å²) in [5.74, 6) is 1.32. The predicted octanol–water partition coefficient (Wildman–Crippen LogP) is 0.358. The molecule has 0 atom stereocenters. The van der Waals surface area contributed by atoms with E-state index in [1.165, 1.54) is 0 Å². The third kappa shape index (κ3) is 6.34. The van der Waals surface area contributed by atoms with E-state index in [1.807, 2.05) is 19.0 Å². The largest absolute Gasteiger partial charge is 0.498 e. The van der Waals surface area contributed by atoms with Crippen LogP contribution in [0.1, 0.15) is 6.42 Å². The van der Waals surface area contributed by atoms with E-state index in [4.69, 9.17) is 32.5 Å². The van der Waals surface area contributed by atoms with E-state index in [1.54, 1.807) is 20.3 Å². The fraction of sp³-hybridized carbons (Fsp3) is 0.500. The van der Waals surface area contributed by atoms with Gasteiger partial charge in [-0.2, -0.15) is 13.2 Å². The molecule has 0 bridgehead atoms. The van der Waals surface area contributed by atoms with Crippen LogP contribution in [0.3, 0.4) is 0 Å². The molecule has 1 aliphatic rings. The highest BCUT2D eigenvalue weighted by atomic mass is 32.3. The molecule has 2 N–H and O–H groups in total. The highest BCUT2D eigenvalue weighted by Gasteiger charge is 2.27. The maximum absolute atomic E-state index is 8.81. The second kappa shape index (κ2) is 7.65. The maximum atomic E-state index is 8.81. The molecule has 0 aromatic carbocycles. The van der Waals surface area contributed by atoms with Gasteiger partial charge in [-0.05, 0) is 0 Å². The van der Waals surface area contributed by atoms with Gasteiger partial charge in [-0.3, -0.25) is 9.11 Å². The Morgan fingerprint density at radius 3 is 2.10 bits per heavy atom. The van der Waals surface area contributed by atoms with Crippen LogP contribution in [0.2, 0.25) is 0 Å². The minimum absolute atomic E-state index is 0.431. The number of ether oxygens (including phenoxy) is 2. The van der Waals surface area contributed by atoms with Gasteiger partial charge >= 0.3 is 16.1 Å². The van der Waals surface area contributed by atoms with Crippen molar-refractivity contribution >= 4 is 16.1 Å². The van der Waals surface area contributed by atoms with E-state index in [0.29, 0.717) is 17.9 Å². The zero-order valence-electron chi connectivity index (χ0n) is 11.6. The molecule has 0 aliphatic heterocycles. The second-order valence-corrected chi connectivity index (χ2v) is 4.69. The summed E-state index contributed by atoms with van der Waals surface area (Å²) >= 11 is 0. The summed E-state index contributed by atoms with van der Waals surface area (Å²) in [6.07, 6.45) is 2.22. The van der Waals surface area contributed by atoms with Gasteiger partial charge in [-0.1, -0.05) is 0 Å². The first-order chi connectivity index (χ1) is 9.13. The summed E-state index contributed by atoms with van der Waals surface area (Å²) in [6.45, 7) is 0. The fourth-order valence-electron chi connectivity index (χ4n) is 1.43. The number of likely N-dealkylation sites (N-methyl/N-ethyl adjacent to an activating group) is 1. The smallest absolute Gasteiger partial charge is 0.394 e. The van der Waals surface area contributed by atoms with Crippen LogP contribution in [0.4, 0.5) is 0 Å². The Hall–Kier alpha value is -1.87. The number of hydrogen-bond donors (Lipinski definition) is 2. The average Bonchev–Trinajstić information content (AvgIpc) is 2.34. The molecule has 20 heavy (non-hydrogen) atoms. The van der Waals surface area contributed by atoms with Crippen molar-refractivity contribution in [2.75, 3.05) is 28.3 Å². The van der Waals surface area contributed by atoms with Gasteiger partial charge in [-0.15, -0.1) is 0 Å². The zero-order valence-corrected chi connectivity index (χ0v) is 12.4. The summed E-state index contributed by atoms with van der Waals surface area (Å²) in [7, 11) is 2.31. The van der Waals surface area contributed by atoms with Gasteiger partial charge in [0.05, 0.1) is 19.9 Å². The van der Waals surface area contributed by atoms with E-state index < -0.39 is 10.4 Å². The molecular formula is C10H17N3O6S. The molecule has 0 aromatic rings. The molecule has 0 saturated heterocycles. The van der Waals surface area contributed by atoms with Crippen molar-refractivity contribution in [1.82, 2.24) is 4.90 Å². The molecule has 1 rings (SSSR count). The Labute approximate surface area is 117 Å². The van der Waals surface area contributed by atoms with E-state index in [9.17, 15) is 0 Å². The lowest BCUT2D eigenvalue weighted by atomic mass is 10.1. The van der Waals surface area contributed by atoms with Gasteiger partial charge < -0.3 is 19.9 Å². The summed E-state index contributed by atoms with van der Waals surface area (Å²) < 4.78 is 41.9. The average molecular weight is 307 g/mol. The van der Waals surface area contributed by atoms with Crippen molar-refractivity contribution in [3.8, 4) is 0 Å². The number of rotatable bonds is 3. The van der Waals surface area contributed by atoms with Crippen molar-refractivity contribution in [2.24, 2.45) is 0 Å². The second-order valence-electron chi connectivity index (χ2n) is 3.79. The first-order valence-electron chi connectivity index (χ1n) is 5.25. The molecule has 0 aromatic heterocycles. The lowest BCUT2D eigenvalue weighted by Crippen LogP contribution is -2.21. The normalized spacial score (nSPS) is 14.7. The molecule has 114 valence electrons. The lowest BCUT2D eigenvalue weighted by Gasteiger charge is -2.21. The Kier molecular flexibility index (Phi) is 6.94. The molecule has 10 heteroatoms. The summed E-state index contributed by atoms with van der Waals surface area (Å²) in [5, 5.41) is 0. The Bertz CT molecular complexity index is 550. The van der Waals surface area contributed by atoms with Gasteiger partial charge in [0, 0.05) is 20.2 Å². The number of hydrogen-bond acceptors (Lipinski definition) is 5. The summed E-state index contributed by atoms with van der Waals surface area (Å²) in [6, 6.07) is 0. The predicted molar refractivity (Wildman–Crippen MR) is 70.2 cm³/mol. The third-order valence-corrected chi connectivity index (χ3v) is 2.23. The van der Waals surface area contributed by atoms with Crippen LogP contribution in [0.15, 0.2) is 23.3 Å². The van der Waals surface area contributed by atoms with E-state index in [0.717, 1.165) is 11.5 Å². The molecule has 9 nitrogen and oxygen atoms in total. The van der Waals surface area contributed by atoms with Crippen molar-refractivity contribution in [2.45, 2.75) is 6.42 Å². The van der Waals surface area contributed by atoms with E-state index >= 15 is 0 Å². The minimum Gasteiger partial charge on any atom is -0.498 e. The zero-order chi connectivity index (χ0) is 15.9. The quantitative estimate of drug-likeness (QED) is 0.437. The van der Waals surface area contributed by atoms with Gasteiger partial charge in [0.25, 0.3) is 0 Å². The molecule has 0 saturated carbocycles. The van der Waals surface area contributed by atoms with Crippen LogP contribution < -0.4 is 0 Å². The van der Waals surface area contributed by atoms with Crippen molar-refractivity contribution < 1.29 is 31.8 Å². The molecule has 0 spiro atoms. The van der Waals surface area contributed by atoms with Gasteiger partial charge in [0.2, 0.25) is 5.76 Å². The lowest BCUT2D eigenvalue weighted by molar-refractivity contribution is -0.0124. The number of nitrogens with zero attached hydrogens (tertiary/aromatic N) is 3. The van der Waals surface area contributed by atoms with Crippen molar-refractivity contribution in [1.29, 1.82) is 0 Å². The van der Waals surface area contributed by atoms with Crippen LogP contribution in [0, 0.1) is 0 Å². The highest BCUT2D eigenvalue weighted by Crippen LogP contribution is 2.23. The van der Waals surface area contributed by atoms with Gasteiger partial charge in [-0.25, -0.2) is 0 Å². The van der Waals surface area contributed by atoms with Gasteiger partial charge in [0.1, 0.15) is 12.2 Å². The number of allylic oxidation sites excluding steroid dienone is 3. The molecule has 0 unspecified atom stereocenters. The van der Waals surface area contributed by atoms with Crippen LogP contribution in [0.25, 0.3) is 5.53 Å². The van der Waals surface area contributed by atoms with Crippen LogP contribution >= 0.6 is 0 Å². The molecule has 0 fully saturated rings. The van der Waals surface area contributed by atoms with Crippen LogP contribution in [-0.4, -0.2) is 61.2 Å². The minimum atomic E-state index is -4.67. The molecule has 0 amide bonds. The van der Waals surface area contributed by atoms with E-state index in [-0.39, 0.29) is 0 Å². The Morgan fingerprint density at radius 1 is 1.30 bits per heavy atom. The first kappa shape index (κ1) is 18.1. The SMILES string of the molecule is COC1=CC(N(C)C)=C(OC)CC1=[N+]=[N-].O=S(=O)(O)O. The third-order valence-electron chi connectivity index (χ3n) is 2.23. The topological polar surface area (TPSA) is 133 Å². The Morgan fingerprint density at radius 2 is 1.80 bits per heavy atom. The van der Waals surface area contributed by atoms with Crippen molar-refractivity contribution in [3.63, 3.8) is 0 Å². The van der Waals surface area contributed by atoms with Gasteiger partial charge in [0.15, 0.2) is 0 Å². The molecule has 0 radical (unpaired) electrons. The summed E-state index contributed by atoms with van der Waals surface area (Å²) in [4.78, 5) is 5.11.